The average Bonchev–Trinajstić information content (AvgIpc) is 2.79. The quantitative estimate of drug-likeness (QED) is 0.529. The third-order valence-electron chi connectivity index (χ3n) is 2.09. The van der Waals surface area contributed by atoms with Crippen molar-refractivity contribution in [2.75, 3.05) is 13.1 Å². The fourth-order valence-electron chi connectivity index (χ4n) is 1.29. The van der Waals surface area contributed by atoms with Crippen LogP contribution in [-0.4, -0.2) is 36.0 Å². The Morgan fingerprint density at radius 3 is 2.63 bits per heavy atom. The van der Waals surface area contributed by atoms with E-state index in [9.17, 15) is 14.4 Å². The Balaban J connectivity index is 2.55. The second-order valence-corrected chi connectivity index (χ2v) is 4.53. The molecule has 1 heterocycles. The van der Waals surface area contributed by atoms with E-state index in [0.29, 0.717) is 23.5 Å². The second-order valence-electron chi connectivity index (χ2n) is 3.62. The van der Waals surface area contributed by atoms with Crippen LogP contribution >= 0.6 is 11.3 Å². The van der Waals surface area contributed by atoms with Gasteiger partial charge in [-0.3, -0.25) is 9.59 Å². The molecule has 6 nitrogen and oxygen atoms in total. The van der Waals surface area contributed by atoms with Crippen LogP contribution in [0.15, 0.2) is 17.5 Å². The minimum Gasteiger partial charge on any atom is -0.478 e. The Morgan fingerprint density at radius 2 is 2.00 bits per heavy atom. The maximum atomic E-state index is 11.8. The van der Waals surface area contributed by atoms with Gasteiger partial charge in [0.05, 0.1) is 4.88 Å². The van der Waals surface area contributed by atoms with Crippen molar-refractivity contribution in [3.63, 3.8) is 0 Å². The Bertz CT molecular complexity index is 508. The topological polar surface area (TPSA) is 95.5 Å². The van der Waals surface area contributed by atoms with Gasteiger partial charge < -0.3 is 15.7 Å². The molecule has 0 unspecified atom stereocenters. The van der Waals surface area contributed by atoms with E-state index in [1.807, 2.05) is 0 Å². The van der Waals surface area contributed by atoms with Crippen LogP contribution in [0.1, 0.15) is 22.2 Å². The molecule has 1 rings (SSSR count). The zero-order valence-electron chi connectivity index (χ0n) is 10.3. The summed E-state index contributed by atoms with van der Waals surface area (Å²) in [5, 5.41) is 15.5. The molecule has 0 spiro atoms. The molecule has 0 aliphatic rings. The summed E-state index contributed by atoms with van der Waals surface area (Å²) in [5.74, 6) is -1.51. The molecule has 0 radical (unpaired) electrons. The molecular weight excluding hydrogens is 268 g/mol. The van der Waals surface area contributed by atoms with E-state index >= 15 is 0 Å². The van der Waals surface area contributed by atoms with Gasteiger partial charge in [-0.2, -0.15) is 0 Å². The number of hydrogen-bond acceptors (Lipinski definition) is 4. The number of rotatable bonds is 6. The number of carboxylic acids is 1. The van der Waals surface area contributed by atoms with E-state index in [1.54, 1.807) is 11.4 Å². The molecule has 19 heavy (non-hydrogen) atoms. The first kappa shape index (κ1) is 14.9. The molecule has 3 N–H and O–H groups in total. The maximum absolute atomic E-state index is 11.8. The van der Waals surface area contributed by atoms with E-state index in [1.165, 1.54) is 24.3 Å². The van der Waals surface area contributed by atoms with Gasteiger partial charge in [0.15, 0.2) is 0 Å². The normalized spacial score (nSPS) is 10.4. The Hall–Kier alpha value is -2.15. The highest BCUT2D eigenvalue weighted by Gasteiger charge is 2.10. The smallest absolute Gasteiger partial charge is 0.328 e. The van der Waals surface area contributed by atoms with Gasteiger partial charge in [-0.05, 0) is 23.1 Å². The molecule has 0 bridgehead atoms. The van der Waals surface area contributed by atoms with Crippen molar-refractivity contribution in [3.05, 3.63) is 28.0 Å². The molecular formula is C12H14N2O4S. The second kappa shape index (κ2) is 7.32. The lowest BCUT2D eigenvalue weighted by Crippen LogP contribution is -2.33. The summed E-state index contributed by atoms with van der Waals surface area (Å²) in [6.07, 6.45) is 2.36. The number of nitrogens with one attached hydrogen (secondary N) is 2. The highest BCUT2D eigenvalue weighted by atomic mass is 32.1. The van der Waals surface area contributed by atoms with Gasteiger partial charge in [-0.25, -0.2) is 4.79 Å². The summed E-state index contributed by atoms with van der Waals surface area (Å²) in [4.78, 5) is 33.3. The number of carbonyl (C=O) groups is 3. The van der Waals surface area contributed by atoms with Crippen LogP contribution in [0.3, 0.4) is 0 Å². The van der Waals surface area contributed by atoms with Crippen LogP contribution in [-0.2, 0) is 9.59 Å². The first-order chi connectivity index (χ1) is 9.00. The molecule has 7 heteroatoms. The van der Waals surface area contributed by atoms with Crippen LogP contribution in [0.5, 0.6) is 0 Å². The number of hydrogen-bond donors (Lipinski definition) is 3. The highest BCUT2D eigenvalue weighted by molar-refractivity contribution is 7.12. The van der Waals surface area contributed by atoms with Gasteiger partial charge in [0.25, 0.3) is 5.91 Å². The summed E-state index contributed by atoms with van der Waals surface area (Å²) in [7, 11) is 0. The molecule has 1 aromatic rings. The summed E-state index contributed by atoms with van der Waals surface area (Å²) in [6.45, 7) is 2.07. The predicted molar refractivity (Wildman–Crippen MR) is 72.0 cm³/mol. The Kier molecular flexibility index (Phi) is 5.74. The standard InChI is InChI=1S/C12H14N2O4S/c1-8(15)13-5-6-14-12(18)11-9(4-7-19-11)2-3-10(16)17/h2-4,7H,5-6H2,1H3,(H,13,15)(H,14,18)(H,16,17). The largest absolute Gasteiger partial charge is 0.478 e. The molecule has 1 aromatic heterocycles. The average molecular weight is 282 g/mol. The van der Waals surface area contributed by atoms with E-state index < -0.39 is 5.97 Å². The summed E-state index contributed by atoms with van der Waals surface area (Å²) in [6, 6.07) is 1.67. The van der Waals surface area contributed by atoms with Gasteiger partial charge >= 0.3 is 5.97 Å². The van der Waals surface area contributed by atoms with Gasteiger partial charge in [-0.1, -0.05) is 0 Å². The fraction of sp³-hybridized carbons (Fsp3) is 0.250. The Morgan fingerprint density at radius 1 is 1.32 bits per heavy atom. The number of aliphatic carboxylic acids is 1. The van der Waals surface area contributed by atoms with Gasteiger partial charge in [0.1, 0.15) is 0 Å². The van der Waals surface area contributed by atoms with Crippen molar-refractivity contribution in [2.24, 2.45) is 0 Å². The first-order valence-electron chi connectivity index (χ1n) is 5.52. The first-order valence-corrected chi connectivity index (χ1v) is 6.40. The summed E-state index contributed by atoms with van der Waals surface area (Å²) in [5.41, 5.74) is 0.560. The number of thiophene rings is 1. The van der Waals surface area contributed by atoms with E-state index in [4.69, 9.17) is 5.11 Å². The SMILES string of the molecule is CC(=O)NCCNC(=O)c1sccc1C=CC(=O)O. The van der Waals surface area contributed by atoms with E-state index in [2.05, 4.69) is 10.6 Å². The van der Waals surface area contributed by atoms with Crippen molar-refractivity contribution in [1.82, 2.24) is 10.6 Å². The molecule has 0 saturated heterocycles. The minimum atomic E-state index is -1.07. The lowest BCUT2D eigenvalue weighted by molar-refractivity contribution is -0.131. The van der Waals surface area contributed by atoms with E-state index in [0.717, 1.165) is 6.08 Å². The number of carboxylic acid groups (broad SMARTS) is 1. The predicted octanol–water partition coefficient (Wildman–Crippen LogP) is 0.712. The highest BCUT2D eigenvalue weighted by Crippen LogP contribution is 2.18. The summed E-state index contributed by atoms with van der Waals surface area (Å²) >= 11 is 1.23. The maximum Gasteiger partial charge on any atom is 0.328 e. The lowest BCUT2D eigenvalue weighted by atomic mass is 10.2. The van der Waals surface area contributed by atoms with Crippen LogP contribution in [0, 0.1) is 0 Å². The fourth-order valence-corrected chi connectivity index (χ4v) is 2.09. The number of amides is 2. The molecule has 0 aliphatic carbocycles. The zero-order chi connectivity index (χ0) is 14.3. The molecule has 0 atom stereocenters. The van der Waals surface area contributed by atoms with Crippen molar-refractivity contribution < 1.29 is 19.5 Å². The van der Waals surface area contributed by atoms with Gasteiger partial charge in [0.2, 0.25) is 5.91 Å². The molecule has 0 aliphatic heterocycles. The Labute approximate surface area is 114 Å². The van der Waals surface area contributed by atoms with Crippen molar-refractivity contribution in [1.29, 1.82) is 0 Å². The number of carbonyl (C=O) groups excluding carboxylic acids is 2. The zero-order valence-corrected chi connectivity index (χ0v) is 11.1. The summed E-state index contributed by atoms with van der Waals surface area (Å²) < 4.78 is 0. The molecule has 2 amide bonds. The monoisotopic (exact) mass is 282 g/mol. The minimum absolute atomic E-state index is 0.157. The molecule has 0 saturated carbocycles. The van der Waals surface area contributed by atoms with Crippen molar-refractivity contribution in [3.8, 4) is 0 Å². The lowest BCUT2D eigenvalue weighted by Gasteiger charge is -2.05. The third kappa shape index (κ3) is 5.35. The van der Waals surface area contributed by atoms with Crippen molar-refractivity contribution >= 4 is 35.2 Å². The molecule has 0 aromatic carbocycles. The van der Waals surface area contributed by atoms with E-state index in [-0.39, 0.29) is 11.8 Å². The van der Waals surface area contributed by atoms with Gasteiger partial charge in [-0.15, -0.1) is 11.3 Å². The van der Waals surface area contributed by atoms with Gasteiger partial charge in [0, 0.05) is 26.1 Å². The van der Waals surface area contributed by atoms with Crippen molar-refractivity contribution in [2.45, 2.75) is 6.92 Å². The molecule has 102 valence electrons. The van der Waals surface area contributed by atoms with Crippen LogP contribution in [0.25, 0.3) is 6.08 Å². The van der Waals surface area contributed by atoms with Crippen LogP contribution < -0.4 is 10.6 Å². The van der Waals surface area contributed by atoms with Crippen LogP contribution in [0.4, 0.5) is 0 Å². The van der Waals surface area contributed by atoms with Crippen LogP contribution in [0.2, 0.25) is 0 Å². The molecule has 0 fully saturated rings. The third-order valence-corrected chi connectivity index (χ3v) is 3.02.